The zero-order valence-corrected chi connectivity index (χ0v) is 22.0. The molecule has 1 fully saturated rings. The summed E-state index contributed by atoms with van der Waals surface area (Å²) in [4.78, 5) is 52.2. The number of carbonyl (C=O) groups is 3. The predicted molar refractivity (Wildman–Crippen MR) is 134 cm³/mol. The standard InChI is InChI=1S/C19H22N10O5S3/c1-3-34-26-9(13-25-18(21)37-27-13)14(30)23-10-15(31)29-11(17(32)33)8(5-35-16(10)29)6-36-19-24-12(20)7(2)4-28(19)22/h4,10,16,20H,3,5-6,22H2,1-2H3,(H4,21,23,25,27,30,32,33)/b26-9-/t10?,16-/m1/s1. The highest BCUT2D eigenvalue weighted by Crippen LogP contribution is 2.41. The molecule has 0 saturated carbocycles. The summed E-state index contributed by atoms with van der Waals surface area (Å²) in [5.74, 6) is 3.76. The number of aromatic nitrogens is 4. The van der Waals surface area contributed by atoms with Crippen LogP contribution in [0.2, 0.25) is 0 Å². The number of nitrogen functional groups attached to an aromatic ring is 3. The van der Waals surface area contributed by atoms with Gasteiger partial charge in [-0.15, -0.1) is 16.4 Å². The number of nitrogens with two attached hydrogens (primary N) is 3. The number of thioether (sulfide) groups is 2. The average Bonchev–Trinajstić information content (AvgIpc) is 3.29. The quantitative estimate of drug-likeness (QED) is 0.0462. The molecule has 4 rings (SSSR count). The second-order valence-electron chi connectivity index (χ2n) is 7.70. The summed E-state index contributed by atoms with van der Waals surface area (Å²) in [6, 6.07) is -1.01. The summed E-state index contributed by atoms with van der Waals surface area (Å²) >= 11 is 3.34. The smallest absolute Gasteiger partial charge is 0.384 e. The highest BCUT2D eigenvalue weighted by molar-refractivity contribution is 8.01. The molecule has 0 aliphatic carbocycles. The second-order valence-corrected chi connectivity index (χ2v) is 10.5. The lowest BCUT2D eigenvalue weighted by Gasteiger charge is -2.50. The van der Waals surface area contributed by atoms with E-state index < -0.39 is 29.2 Å². The maximum Gasteiger partial charge on any atom is 0.384 e. The van der Waals surface area contributed by atoms with Gasteiger partial charge in [-0.2, -0.15) is 9.36 Å². The van der Waals surface area contributed by atoms with Crippen LogP contribution in [0.4, 0.5) is 10.9 Å². The Bertz CT molecular complexity index is 1330. The van der Waals surface area contributed by atoms with E-state index in [4.69, 9.17) is 22.1 Å². The van der Waals surface area contributed by atoms with Gasteiger partial charge in [0.25, 0.3) is 11.8 Å². The van der Waals surface area contributed by atoms with E-state index in [1.54, 1.807) is 20.0 Å². The fourth-order valence-corrected chi connectivity index (χ4v) is 6.29. The van der Waals surface area contributed by atoms with Crippen LogP contribution in [0, 0.1) is 6.92 Å². The number of aliphatic carboxylic acids is 1. The van der Waals surface area contributed by atoms with E-state index in [0.29, 0.717) is 22.1 Å². The molecule has 7 N–H and O–H groups in total. The van der Waals surface area contributed by atoms with Crippen molar-refractivity contribution in [1.29, 1.82) is 0 Å². The highest BCUT2D eigenvalue weighted by Gasteiger charge is 2.53. The first kappa shape index (κ1) is 26.4. The normalized spacial score (nSPS) is 19.4. The SMILES string of the molecule is CCO/N=C(\C(=O)NC1C(=O)N2C(C(=O)[O-])=C(CSc3nc(N)c(C)c[n+]3N)CS[C@H]12)c1nsc(N)n1. The Balaban J connectivity index is 1.50. The molecule has 2 aliphatic heterocycles. The highest BCUT2D eigenvalue weighted by atomic mass is 32.2. The van der Waals surface area contributed by atoms with Gasteiger partial charge in [0.1, 0.15) is 24.2 Å². The van der Waals surface area contributed by atoms with Crippen molar-refractivity contribution in [2.45, 2.75) is 30.4 Å². The van der Waals surface area contributed by atoms with Gasteiger partial charge in [-0.3, -0.25) is 20.3 Å². The molecule has 37 heavy (non-hydrogen) atoms. The van der Waals surface area contributed by atoms with Crippen LogP contribution in [0.1, 0.15) is 18.3 Å². The lowest BCUT2D eigenvalue weighted by molar-refractivity contribution is -0.682. The molecule has 2 amide bonds. The predicted octanol–water partition coefficient (Wildman–Crippen LogP) is -2.66. The molecule has 2 aromatic rings. The number of aryl methyl sites for hydroxylation is 1. The number of hydrogen-bond acceptors (Lipinski definition) is 15. The molecule has 18 heteroatoms. The number of β-lactam (4-membered cyclic amide) rings is 1. The molecule has 0 aromatic carbocycles. The number of anilines is 2. The third kappa shape index (κ3) is 5.25. The van der Waals surface area contributed by atoms with Crippen LogP contribution >= 0.6 is 35.1 Å². The maximum absolute atomic E-state index is 13.0. The first-order chi connectivity index (χ1) is 17.6. The number of carbonyl (C=O) groups excluding carboxylic acids is 3. The van der Waals surface area contributed by atoms with Crippen molar-refractivity contribution >= 4 is 69.5 Å². The number of nitrogens with zero attached hydrogens (tertiary/aromatic N) is 6. The molecule has 1 unspecified atom stereocenters. The van der Waals surface area contributed by atoms with Crippen molar-refractivity contribution in [3.63, 3.8) is 0 Å². The maximum atomic E-state index is 13.0. The molecular weight excluding hydrogens is 544 g/mol. The van der Waals surface area contributed by atoms with Gasteiger partial charge >= 0.3 is 5.16 Å². The van der Waals surface area contributed by atoms with Crippen molar-refractivity contribution < 1.29 is 29.0 Å². The van der Waals surface area contributed by atoms with Crippen LogP contribution in [0.25, 0.3) is 0 Å². The fraction of sp³-hybridized carbons (Fsp3) is 0.368. The molecule has 2 aromatic heterocycles. The second kappa shape index (κ2) is 10.8. The van der Waals surface area contributed by atoms with Crippen molar-refractivity contribution in [2.75, 3.05) is 35.4 Å². The molecule has 2 atom stereocenters. The number of nitrogens with one attached hydrogen (secondary N) is 1. The zero-order chi connectivity index (χ0) is 26.9. The van der Waals surface area contributed by atoms with Crippen LogP contribution < -0.4 is 32.4 Å². The Morgan fingerprint density at radius 3 is 2.81 bits per heavy atom. The average molecular weight is 567 g/mol. The topological polar surface area (TPSA) is 232 Å². The van der Waals surface area contributed by atoms with E-state index in [1.807, 2.05) is 0 Å². The van der Waals surface area contributed by atoms with Gasteiger partial charge in [0.2, 0.25) is 17.4 Å². The van der Waals surface area contributed by atoms with Gasteiger partial charge in [-0.25, -0.2) is 0 Å². The summed E-state index contributed by atoms with van der Waals surface area (Å²) in [5, 5.41) is 18.2. The van der Waals surface area contributed by atoms with Gasteiger partial charge < -0.3 is 31.5 Å². The summed E-state index contributed by atoms with van der Waals surface area (Å²) < 4.78 is 5.26. The molecule has 4 heterocycles. The molecule has 196 valence electrons. The zero-order valence-electron chi connectivity index (χ0n) is 19.5. The summed E-state index contributed by atoms with van der Waals surface area (Å²) in [5.41, 5.74) is 12.1. The molecule has 0 spiro atoms. The third-order valence-corrected chi connectivity index (χ3v) is 8.17. The Morgan fingerprint density at radius 2 is 2.16 bits per heavy atom. The van der Waals surface area contributed by atoms with Crippen LogP contribution in [-0.4, -0.2) is 72.3 Å². The molecule has 15 nitrogen and oxygen atoms in total. The summed E-state index contributed by atoms with van der Waals surface area (Å²) in [6.07, 6.45) is 1.61. The third-order valence-electron chi connectivity index (χ3n) is 5.23. The van der Waals surface area contributed by atoms with Crippen molar-refractivity contribution in [1.82, 2.24) is 24.6 Å². The minimum absolute atomic E-state index is 0.0505. The molecule has 0 bridgehead atoms. The monoisotopic (exact) mass is 566 g/mol. The Hall–Kier alpha value is -3.64. The van der Waals surface area contributed by atoms with Gasteiger partial charge in [0.05, 0.1) is 17.2 Å². The summed E-state index contributed by atoms with van der Waals surface area (Å²) in [6.45, 7) is 3.61. The molecule has 0 radical (unpaired) electrons. The van der Waals surface area contributed by atoms with Gasteiger partial charge in [0, 0.05) is 23.0 Å². The number of hydrogen-bond donors (Lipinski definition) is 4. The molecular formula is C19H22N10O5S3. The van der Waals surface area contributed by atoms with E-state index in [2.05, 4.69) is 24.8 Å². The summed E-state index contributed by atoms with van der Waals surface area (Å²) in [7, 11) is 0. The lowest BCUT2D eigenvalue weighted by Crippen LogP contribution is -2.71. The number of rotatable bonds is 9. The van der Waals surface area contributed by atoms with Crippen LogP contribution in [0.15, 0.2) is 27.8 Å². The van der Waals surface area contributed by atoms with Gasteiger partial charge in [-0.05, 0) is 36.2 Å². The Morgan fingerprint density at radius 1 is 1.41 bits per heavy atom. The lowest BCUT2D eigenvalue weighted by atomic mass is 10.0. The number of amides is 2. The Labute approximate surface area is 222 Å². The minimum Gasteiger partial charge on any atom is -0.543 e. The first-order valence-corrected chi connectivity index (χ1v) is 13.5. The molecule has 1 saturated heterocycles. The first-order valence-electron chi connectivity index (χ1n) is 10.7. The van der Waals surface area contributed by atoms with Crippen molar-refractivity contribution in [3.05, 3.63) is 28.9 Å². The number of oxime groups is 1. The van der Waals surface area contributed by atoms with E-state index in [1.165, 1.54) is 28.2 Å². The van der Waals surface area contributed by atoms with Crippen molar-refractivity contribution in [2.24, 2.45) is 5.16 Å². The number of fused-ring (bicyclic) bond motifs is 1. The van der Waals surface area contributed by atoms with E-state index in [0.717, 1.165) is 16.4 Å². The minimum atomic E-state index is -1.50. The van der Waals surface area contributed by atoms with E-state index >= 15 is 0 Å². The molecule has 2 aliphatic rings. The van der Waals surface area contributed by atoms with Crippen LogP contribution in [0.3, 0.4) is 0 Å². The van der Waals surface area contributed by atoms with Gasteiger partial charge in [-0.1, -0.05) is 5.16 Å². The number of carboxylic acids is 1. The van der Waals surface area contributed by atoms with E-state index in [9.17, 15) is 19.5 Å². The fourth-order valence-electron chi connectivity index (χ4n) is 3.47. The van der Waals surface area contributed by atoms with Crippen LogP contribution in [0.5, 0.6) is 0 Å². The van der Waals surface area contributed by atoms with Gasteiger partial charge in [0.15, 0.2) is 5.13 Å². The Kier molecular flexibility index (Phi) is 7.69. The van der Waals surface area contributed by atoms with E-state index in [-0.39, 0.29) is 40.5 Å². The number of carboxylic acid groups (broad SMARTS) is 1. The van der Waals surface area contributed by atoms with Crippen LogP contribution in [-0.2, 0) is 19.2 Å². The van der Waals surface area contributed by atoms with Crippen molar-refractivity contribution in [3.8, 4) is 0 Å². The largest absolute Gasteiger partial charge is 0.543 e.